The molecule has 3 N–H and O–H groups in total. The molecule has 1 aromatic carbocycles. The fourth-order valence-corrected chi connectivity index (χ4v) is 2.28. The highest BCUT2D eigenvalue weighted by Gasteiger charge is 2.33. The molecule has 0 saturated carbocycles. The van der Waals surface area contributed by atoms with E-state index < -0.39 is 16.4 Å². The number of carboxylic acids is 1. The Morgan fingerprint density at radius 3 is 2.42 bits per heavy atom. The Labute approximate surface area is 140 Å². The molecule has 8 heteroatoms. The fraction of sp³-hybridized carbons (Fsp3) is 0.500. The highest BCUT2D eigenvalue weighted by molar-refractivity contribution is 5.86. The van der Waals surface area contributed by atoms with Crippen molar-refractivity contribution >= 4 is 23.3 Å². The summed E-state index contributed by atoms with van der Waals surface area (Å²) < 4.78 is 0. The van der Waals surface area contributed by atoms with Gasteiger partial charge in [-0.15, -0.1) is 0 Å². The monoisotopic (exact) mass is 337 g/mol. The molecule has 0 saturated heterocycles. The number of nitro benzene ring substituents is 1. The van der Waals surface area contributed by atoms with Crippen molar-refractivity contribution in [1.29, 1.82) is 0 Å². The van der Waals surface area contributed by atoms with Gasteiger partial charge in [0.15, 0.2) is 0 Å². The number of amides is 1. The summed E-state index contributed by atoms with van der Waals surface area (Å²) in [6, 6.07) is 6.00. The summed E-state index contributed by atoms with van der Waals surface area (Å²) in [6.07, 6.45) is 1.75. The van der Waals surface area contributed by atoms with Crippen molar-refractivity contribution in [3.05, 3.63) is 34.4 Å². The van der Waals surface area contributed by atoms with E-state index in [1.807, 2.05) is 6.92 Å². The quantitative estimate of drug-likeness (QED) is 0.343. The Bertz CT molecular complexity index is 588. The van der Waals surface area contributed by atoms with E-state index in [4.69, 9.17) is 0 Å². The number of nitrogens with one attached hydrogen (secondary N) is 2. The van der Waals surface area contributed by atoms with E-state index in [0.717, 1.165) is 5.69 Å². The van der Waals surface area contributed by atoms with E-state index in [0.29, 0.717) is 25.8 Å². The minimum absolute atomic E-state index is 0.0174. The van der Waals surface area contributed by atoms with Crippen LogP contribution in [-0.4, -0.2) is 34.0 Å². The number of carbonyl (C=O) groups is 2. The van der Waals surface area contributed by atoms with E-state index in [9.17, 15) is 24.8 Å². The first-order chi connectivity index (χ1) is 11.3. The third kappa shape index (κ3) is 5.86. The van der Waals surface area contributed by atoms with Gasteiger partial charge in [0.25, 0.3) is 5.69 Å². The summed E-state index contributed by atoms with van der Waals surface area (Å²) in [6.45, 7) is 3.87. The number of non-ortho nitro benzene ring substituents is 1. The van der Waals surface area contributed by atoms with Crippen LogP contribution < -0.4 is 10.6 Å². The van der Waals surface area contributed by atoms with Crippen LogP contribution >= 0.6 is 0 Å². The summed E-state index contributed by atoms with van der Waals surface area (Å²) in [4.78, 5) is 33.2. The zero-order valence-electron chi connectivity index (χ0n) is 13.9. The zero-order valence-corrected chi connectivity index (χ0v) is 13.9. The van der Waals surface area contributed by atoms with Crippen molar-refractivity contribution in [2.75, 3.05) is 11.9 Å². The molecule has 1 amide bonds. The van der Waals surface area contributed by atoms with E-state index >= 15 is 0 Å². The second-order valence-corrected chi connectivity index (χ2v) is 5.77. The molecule has 1 atom stereocenters. The van der Waals surface area contributed by atoms with Gasteiger partial charge in [0.2, 0.25) is 5.91 Å². The lowest BCUT2D eigenvalue weighted by Gasteiger charge is -2.25. The molecular weight excluding hydrogens is 314 g/mol. The van der Waals surface area contributed by atoms with Crippen LogP contribution in [0, 0.1) is 10.1 Å². The number of nitrogens with zero attached hydrogens (tertiary/aromatic N) is 1. The van der Waals surface area contributed by atoms with Crippen molar-refractivity contribution in [3.63, 3.8) is 0 Å². The van der Waals surface area contributed by atoms with Gasteiger partial charge < -0.3 is 15.7 Å². The van der Waals surface area contributed by atoms with Crippen molar-refractivity contribution in [2.45, 2.75) is 45.1 Å². The van der Waals surface area contributed by atoms with Crippen LogP contribution in [0.5, 0.6) is 0 Å². The summed E-state index contributed by atoms with van der Waals surface area (Å²) in [5.74, 6) is -1.35. The van der Waals surface area contributed by atoms with Crippen LogP contribution in [0.1, 0.15) is 39.5 Å². The Kier molecular flexibility index (Phi) is 7.16. The van der Waals surface area contributed by atoms with Crippen molar-refractivity contribution in [3.8, 4) is 0 Å². The summed E-state index contributed by atoms with van der Waals surface area (Å²) in [5, 5.41) is 25.4. The Morgan fingerprint density at radius 2 is 1.92 bits per heavy atom. The number of rotatable bonds is 10. The molecule has 24 heavy (non-hydrogen) atoms. The normalized spacial score (nSPS) is 12.9. The van der Waals surface area contributed by atoms with Gasteiger partial charge in [0, 0.05) is 30.8 Å². The van der Waals surface area contributed by atoms with Crippen LogP contribution in [0.15, 0.2) is 24.3 Å². The molecule has 132 valence electrons. The summed E-state index contributed by atoms with van der Waals surface area (Å²) >= 11 is 0. The first-order valence-electron chi connectivity index (χ1n) is 7.81. The van der Waals surface area contributed by atoms with Gasteiger partial charge in [-0.25, -0.2) is 4.79 Å². The number of hydrogen-bond acceptors (Lipinski definition) is 5. The Balaban J connectivity index is 2.37. The van der Waals surface area contributed by atoms with Gasteiger partial charge in [-0.05, 0) is 31.9 Å². The Morgan fingerprint density at radius 1 is 1.29 bits per heavy atom. The fourth-order valence-electron chi connectivity index (χ4n) is 2.28. The van der Waals surface area contributed by atoms with Crippen molar-refractivity contribution < 1.29 is 19.6 Å². The standard InChI is InChI=1S/C16H23N3O5/c1-3-10-16(2,15(21)22)18-14(20)5-4-11-17-12-6-8-13(9-7-12)19(23)24/h6-9,17H,3-5,10-11H2,1-2H3,(H,18,20)(H,21,22). The zero-order chi connectivity index (χ0) is 18.2. The molecule has 0 spiro atoms. The highest BCUT2D eigenvalue weighted by atomic mass is 16.6. The predicted molar refractivity (Wildman–Crippen MR) is 89.9 cm³/mol. The van der Waals surface area contributed by atoms with E-state index in [-0.39, 0.29) is 18.0 Å². The molecule has 0 aliphatic rings. The first-order valence-corrected chi connectivity index (χ1v) is 7.81. The lowest BCUT2D eigenvalue weighted by molar-refractivity contribution is -0.384. The average Bonchev–Trinajstić information content (AvgIpc) is 2.52. The van der Waals surface area contributed by atoms with E-state index in [1.165, 1.54) is 19.1 Å². The van der Waals surface area contributed by atoms with E-state index in [2.05, 4.69) is 10.6 Å². The average molecular weight is 337 g/mol. The number of aliphatic carboxylic acids is 1. The van der Waals surface area contributed by atoms with Crippen LogP contribution in [0.2, 0.25) is 0 Å². The molecule has 0 aromatic heterocycles. The smallest absolute Gasteiger partial charge is 0.329 e. The number of anilines is 1. The Hall–Kier alpha value is -2.64. The van der Waals surface area contributed by atoms with Crippen LogP contribution in [-0.2, 0) is 9.59 Å². The van der Waals surface area contributed by atoms with Gasteiger partial charge in [-0.2, -0.15) is 0 Å². The third-order valence-corrected chi connectivity index (χ3v) is 3.63. The maximum atomic E-state index is 11.9. The predicted octanol–water partition coefficient (Wildman–Crippen LogP) is 2.55. The molecule has 0 aliphatic carbocycles. The second kappa shape index (κ2) is 8.85. The molecule has 0 fully saturated rings. The first kappa shape index (κ1) is 19.4. The molecule has 0 radical (unpaired) electrons. The molecule has 1 unspecified atom stereocenters. The molecule has 0 heterocycles. The van der Waals surface area contributed by atoms with Crippen LogP contribution in [0.3, 0.4) is 0 Å². The SMILES string of the molecule is CCCC(C)(NC(=O)CCCNc1ccc([N+](=O)[O-])cc1)C(=O)O. The minimum Gasteiger partial charge on any atom is -0.480 e. The molecule has 0 bridgehead atoms. The molecule has 1 aromatic rings. The molecular formula is C16H23N3O5. The summed E-state index contributed by atoms with van der Waals surface area (Å²) in [7, 11) is 0. The summed E-state index contributed by atoms with van der Waals surface area (Å²) in [5.41, 5.74) is -0.497. The van der Waals surface area contributed by atoms with Crippen LogP contribution in [0.25, 0.3) is 0 Å². The number of nitro groups is 1. The second-order valence-electron chi connectivity index (χ2n) is 5.77. The number of hydrogen-bond donors (Lipinski definition) is 3. The van der Waals surface area contributed by atoms with E-state index in [1.54, 1.807) is 12.1 Å². The number of benzene rings is 1. The van der Waals surface area contributed by atoms with Gasteiger partial charge in [0.05, 0.1) is 4.92 Å². The third-order valence-electron chi connectivity index (χ3n) is 3.63. The number of carbonyl (C=O) groups excluding carboxylic acids is 1. The van der Waals surface area contributed by atoms with Crippen molar-refractivity contribution in [1.82, 2.24) is 5.32 Å². The van der Waals surface area contributed by atoms with Crippen LogP contribution in [0.4, 0.5) is 11.4 Å². The van der Waals surface area contributed by atoms with Gasteiger partial charge >= 0.3 is 5.97 Å². The van der Waals surface area contributed by atoms with Gasteiger partial charge in [-0.1, -0.05) is 13.3 Å². The lowest BCUT2D eigenvalue weighted by atomic mass is 9.96. The minimum atomic E-state index is -1.24. The number of carboxylic acid groups (broad SMARTS) is 1. The maximum absolute atomic E-state index is 11.9. The topological polar surface area (TPSA) is 122 Å². The lowest BCUT2D eigenvalue weighted by Crippen LogP contribution is -2.52. The molecule has 8 nitrogen and oxygen atoms in total. The molecule has 1 rings (SSSR count). The highest BCUT2D eigenvalue weighted by Crippen LogP contribution is 2.16. The largest absolute Gasteiger partial charge is 0.480 e. The van der Waals surface area contributed by atoms with Crippen molar-refractivity contribution in [2.24, 2.45) is 0 Å². The van der Waals surface area contributed by atoms with Gasteiger partial charge in [0.1, 0.15) is 5.54 Å². The molecule has 0 aliphatic heterocycles. The van der Waals surface area contributed by atoms with Gasteiger partial charge in [-0.3, -0.25) is 14.9 Å². The maximum Gasteiger partial charge on any atom is 0.329 e.